The molecule has 1 unspecified atom stereocenters. The molecule has 1 amide bonds. The van der Waals surface area contributed by atoms with Crippen molar-refractivity contribution in [2.24, 2.45) is 0 Å². The molecule has 0 aliphatic carbocycles. The highest BCUT2D eigenvalue weighted by atomic mass is 16.5. The van der Waals surface area contributed by atoms with E-state index < -0.39 is 0 Å². The summed E-state index contributed by atoms with van der Waals surface area (Å²) < 4.78 is 10.2. The lowest BCUT2D eigenvalue weighted by atomic mass is 10.1. The molecule has 2 rings (SSSR count). The smallest absolute Gasteiger partial charge is 0.242 e. The second-order valence-corrected chi connectivity index (χ2v) is 4.62. The molecule has 1 aliphatic heterocycles. The van der Waals surface area contributed by atoms with E-state index in [2.05, 4.69) is 10.6 Å². The Labute approximate surface area is 113 Å². The van der Waals surface area contributed by atoms with Crippen LogP contribution in [0, 0.1) is 0 Å². The molecule has 0 radical (unpaired) electrons. The van der Waals surface area contributed by atoms with Gasteiger partial charge in [-0.05, 0) is 11.6 Å². The third-order valence-electron chi connectivity index (χ3n) is 3.28. The van der Waals surface area contributed by atoms with Crippen LogP contribution in [0.4, 0.5) is 5.69 Å². The summed E-state index contributed by atoms with van der Waals surface area (Å²) in [5.74, 6) is -0.00523. The minimum atomic E-state index is -0.197. The topological polar surface area (TPSA) is 59.6 Å². The summed E-state index contributed by atoms with van der Waals surface area (Å²) in [7, 11) is 3.22. The average Bonchev–Trinajstić information content (AvgIpc) is 2.87. The van der Waals surface area contributed by atoms with Crippen LogP contribution in [-0.2, 0) is 20.7 Å². The van der Waals surface area contributed by atoms with E-state index in [0.717, 1.165) is 12.1 Å². The number of hydrogen-bond donors (Lipinski definition) is 2. The van der Waals surface area contributed by atoms with Crippen molar-refractivity contribution in [1.29, 1.82) is 0 Å². The number of amides is 1. The van der Waals surface area contributed by atoms with Gasteiger partial charge in [-0.3, -0.25) is 4.79 Å². The lowest BCUT2D eigenvalue weighted by Gasteiger charge is -2.17. The van der Waals surface area contributed by atoms with Gasteiger partial charge in [0.25, 0.3) is 0 Å². The highest BCUT2D eigenvalue weighted by Gasteiger charge is 2.26. The largest absolute Gasteiger partial charge is 0.382 e. The average molecular weight is 264 g/mol. The molecule has 2 N–H and O–H groups in total. The van der Waals surface area contributed by atoms with Crippen molar-refractivity contribution in [3.8, 4) is 0 Å². The monoisotopic (exact) mass is 264 g/mol. The second-order valence-electron chi connectivity index (χ2n) is 4.62. The van der Waals surface area contributed by atoms with Gasteiger partial charge in [-0.1, -0.05) is 18.2 Å². The molecule has 0 spiro atoms. The van der Waals surface area contributed by atoms with Gasteiger partial charge in [0.2, 0.25) is 5.91 Å². The third kappa shape index (κ3) is 3.45. The fourth-order valence-electron chi connectivity index (χ4n) is 2.19. The predicted octanol–water partition coefficient (Wildman–Crippen LogP) is 0.801. The van der Waals surface area contributed by atoms with Gasteiger partial charge in [-0.15, -0.1) is 0 Å². The van der Waals surface area contributed by atoms with Crippen molar-refractivity contribution in [2.45, 2.75) is 18.6 Å². The normalized spacial score (nSPS) is 18.5. The molecule has 5 heteroatoms. The number of methoxy groups -OCH3 is 2. The maximum absolute atomic E-state index is 12.1. The van der Waals surface area contributed by atoms with Crippen molar-refractivity contribution in [3.63, 3.8) is 0 Å². The fourth-order valence-corrected chi connectivity index (χ4v) is 2.19. The molecule has 0 aromatic heterocycles. The SMILES string of the molecule is COCC(CNC(=O)[C@@H]1Cc2ccccc2N1)OC. The van der Waals surface area contributed by atoms with Gasteiger partial charge in [0.15, 0.2) is 0 Å². The van der Waals surface area contributed by atoms with Crippen LogP contribution in [0.2, 0.25) is 0 Å². The molecule has 1 aliphatic rings. The third-order valence-corrected chi connectivity index (χ3v) is 3.28. The molecule has 1 heterocycles. The summed E-state index contributed by atoms with van der Waals surface area (Å²) in [5, 5.41) is 6.11. The molecule has 0 fully saturated rings. The lowest BCUT2D eigenvalue weighted by Crippen LogP contribution is -2.43. The first kappa shape index (κ1) is 13.8. The van der Waals surface area contributed by atoms with E-state index in [1.54, 1.807) is 14.2 Å². The summed E-state index contributed by atoms with van der Waals surface area (Å²) in [6, 6.07) is 7.79. The summed E-state index contributed by atoms with van der Waals surface area (Å²) in [5.41, 5.74) is 2.23. The minimum Gasteiger partial charge on any atom is -0.382 e. The molecular formula is C14H20N2O3. The summed E-state index contributed by atoms with van der Waals surface area (Å²) in [6.07, 6.45) is 0.613. The number of carbonyl (C=O) groups excluding carboxylic acids is 1. The zero-order valence-electron chi connectivity index (χ0n) is 11.3. The number of hydrogen-bond acceptors (Lipinski definition) is 4. The molecule has 2 atom stereocenters. The number of benzene rings is 1. The van der Waals surface area contributed by atoms with E-state index >= 15 is 0 Å². The van der Waals surface area contributed by atoms with Crippen molar-refractivity contribution in [2.75, 3.05) is 32.7 Å². The Hall–Kier alpha value is -1.59. The molecule has 1 aromatic carbocycles. The molecule has 19 heavy (non-hydrogen) atoms. The molecule has 5 nitrogen and oxygen atoms in total. The quantitative estimate of drug-likeness (QED) is 0.798. The summed E-state index contributed by atoms with van der Waals surface area (Å²) in [4.78, 5) is 12.1. The lowest BCUT2D eigenvalue weighted by molar-refractivity contribution is -0.122. The van der Waals surface area contributed by atoms with Crippen molar-refractivity contribution < 1.29 is 14.3 Å². The Balaban J connectivity index is 1.83. The maximum atomic E-state index is 12.1. The number of rotatable bonds is 6. The molecule has 104 valence electrons. The van der Waals surface area contributed by atoms with Gasteiger partial charge in [0.05, 0.1) is 12.7 Å². The molecule has 0 saturated heterocycles. The minimum absolute atomic E-state index is 0.00523. The second kappa shape index (κ2) is 6.54. The van der Waals surface area contributed by atoms with Crippen LogP contribution in [0.3, 0.4) is 0 Å². The Morgan fingerprint density at radius 1 is 1.47 bits per heavy atom. The van der Waals surface area contributed by atoms with Crippen molar-refractivity contribution >= 4 is 11.6 Å². The van der Waals surface area contributed by atoms with Crippen LogP contribution < -0.4 is 10.6 Å². The highest BCUT2D eigenvalue weighted by Crippen LogP contribution is 2.24. The summed E-state index contributed by atoms with van der Waals surface area (Å²) in [6.45, 7) is 0.923. The van der Waals surface area contributed by atoms with Crippen LogP contribution in [0.25, 0.3) is 0 Å². The zero-order chi connectivity index (χ0) is 13.7. The van der Waals surface area contributed by atoms with E-state index in [1.807, 2.05) is 24.3 Å². The number of nitrogens with one attached hydrogen (secondary N) is 2. The number of anilines is 1. The van der Waals surface area contributed by atoms with Crippen LogP contribution in [-0.4, -0.2) is 45.4 Å². The van der Waals surface area contributed by atoms with E-state index in [-0.39, 0.29) is 18.1 Å². The zero-order valence-corrected chi connectivity index (χ0v) is 11.3. The van der Waals surface area contributed by atoms with E-state index in [0.29, 0.717) is 13.2 Å². The first-order chi connectivity index (χ1) is 9.24. The van der Waals surface area contributed by atoms with Gasteiger partial charge >= 0.3 is 0 Å². The van der Waals surface area contributed by atoms with Gasteiger partial charge in [-0.25, -0.2) is 0 Å². The standard InChI is InChI=1S/C14H20N2O3/c1-18-9-11(19-2)8-15-14(17)13-7-10-5-3-4-6-12(10)16-13/h3-6,11,13,16H,7-9H2,1-2H3,(H,15,17)/t11?,13-/m0/s1. The Morgan fingerprint density at radius 2 is 2.26 bits per heavy atom. The van der Waals surface area contributed by atoms with Gasteiger partial charge in [-0.2, -0.15) is 0 Å². The molecule has 0 saturated carbocycles. The molecular weight excluding hydrogens is 244 g/mol. The van der Waals surface area contributed by atoms with Crippen LogP contribution >= 0.6 is 0 Å². The van der Waals surface area contributed by atoms with Crippen LogP contribution in [0.5, 0.6) is 0 Å². The Kier molecular flexibility index (Phi) is 4.76. The highest BCUT2D eigenvalue weighted by molar-refractivity contribution is 5.87. The van der Waals surface area contributed by atoms with E-state index in [1.165, 1.54) is 5.56 Å². The Morgan fingerprint density at radius 3 is 2.95 bits per heavy atom. The number of fused-ring (bicyclic) bond motifs is 1. The number of carbonyl (C=O) groups is 1. The number of ether oxygens (including phenoxy) is 2. The molecule has 0 bridgehead atoms. The molecule has 1 aromatic rings. The van der Waals surface area contributed by atoms with Crippen LogP contribution in [0.1, 0.15) is 5.56 Å². The van der Waals surface area contributed by atoms with Gasteiger partial charge in [0.1, 0.15) is 6.04 Å². The number of para-hydroxylation sites is 1. The van der Waals surface area contributed by atoms with Gasteiger partial charge in [0, 0.05) is 32.9 Å². The fraction of sp³-hybridized carbons (Fsp3) is 0.500. The predicted molar refractivity (Wildman–Crippen MR) is 73.2 cm³/mol. The first-order valence-electron chi connectivity index (χ1n) is 6.38. The van der Waals surface area contributed by atoms with E-state index in [9.17, 15) is 4.79 Å². The Bertz CT molecular complexity index is 411. The first-order valence-corrected chi connectivity index (χ1v) is 6.38. The van der Waals surface area contributed by atoms with Gasteiger partial charge < -0.3 is 20.1 Å². The van der Waals surface area contributed by atoms with Crippen molar-refractivity contribution in [1.82, 2.24) is 5.32 Å². The van der Waals surface area contributed by atoms with Crippen molar-refractivity contribution in [3.05, 3.63) is 29.8 Å². The van der Waals surface area contributed by atoms with E-state index in [4.69, 9.17) is 9.47 Å². The van der Waals surface area contributed by atoms with Crippen LogP contribution in [0.15, 0.2) is 24.3 Å². The summed E-state index contributed by atoms with van der Waals surface area (Å²) >= 11 is 0. The maximum Gasteiger partial charge on any atom is 0.242 e.